The summed E-state index contributed by atoms with van der Waals surface area (Å²) >= 11 is 0. The fraction of sp³-hybridized carbons (Fsp3) is 0.130. The third kappa shape index (κ3) is 4.71. The van der Waals surface area contributed by atoms with E-state index >= 15 is 0 Å². The maximum Gasteiger partial charge on any atom is 0.268 e. The number of rotatable bonds is 7. The monoisotopic (exact) mass is 467 g/mol. The summed E-state index contributed by atoms with van der Waals surface area (Å²) in [5, 5.41) is 7.47. The Morgan fingerprint density at radius 3 is 2.42 bits per heavy atom. The molecule has 33 heavy (non-hydrogen) atoms. The summed E-state index contributed by atoms with van der Waals surface area (Å²) in [6.07, 6.45) is 3.17. The zero-order valence-corrected chi connectivity index (χ0v) is 18.8. The molecule has 2 aromatic heterocycles. The second-order valence-electron chi connectivity index (χ2n) is 7.35. The fourth-order valence-corrected chi connectivity index (χ4v) is 4.19. The van der Waals surface area contributed by atoms with Crippen LogP contribution in [-0.2, 0) is 23.6 Å². The van der Waals surface area contributed by atoms with Crippen molar-refractivity contribution in [3.8, 4) is 16.9 Å². The SMILES string of the molecule is CNS(=O)(=O)c1cc(C(=O)NCc2cn(-c3ccccc3)nc2-c2ccc(F)cc2)n(C)c1. The molecule has 4 rings (SSSR count). The van der Waals surface area contributed by atoms with E-state index in [0.29, 0.717) is 11.3 Å². The molecular formula is C23H22FN5O3S. The number of carbonyl (C=O) groups is 1. The maximum atomic E-state index is 13.4. The molecule has 10 heteroatoms. The van der Waals surface area contributed by atoms with Gasteiger partial charge in [-0.15, -0.1) is 0 Å². The van der Waals surface area contributed by atoms with Gasteiger partial charge in [-0.3, -0.25) is 4.79 Å². The van der Waals surface area contributed by atoms with E-state index in [1.54, 1.807) is 30.1 Å². The van der Waals surface area contributed by atoms with E-state index in [4.69, 9.17) is 0 Å². The van der Waals surface area contributed by atoms with E-state index in [0.717, 1.165) is 11.3 Å². The molecule has 1 amide bonds. The minimum Gasteiger partial charge on any atom is -0.347 e. The summed E-state index contributed by atoms with van der Waals surface area (Å²) in [4.78, 5) is 12.8. The number of aryl methyl sites for hydroxylation is 1. The molecule has 0 fully saturated rings. The second kappa shape index (κ2) is 9.00. The highest BCUT2D eigenvalue weighted by molar-refractivity contribution is 7.89. The lowest BCUT2D eigenvalue weighted by Gasteiger charge is -2.06. The van der Waals surface area contributed by atoms with Gasteiger partial charge in [0.1, 0.15) is 16.4 Å². The largest absolute Gasteiger partial charge is 0.347 e. The predicted molar refractivity (Wildman–Crippen MR) is 122 cm³/mol. The van der Waals surface area contributed by atoms with Crippen LogP contribution in [0.15, 0.2) is 78.0 Å². The van der Waals surface area contributed by atoms with Gasteiger partial charge in [-0.2, -0.15) is 5.10 Å². The Hall–Kier alpha value is -3.76. The van der Waals surface area contributed by atoms with E-state index < -0.39 is 15.9 Å². The van der Waals surface area contributed by atoms with Crippen molar-refractivity contribution in [1.29, 1.82) is 0 Å². The Bertz CT molecular complexity index is 1390. The van der Waals surface area contributed by atoms with Gasteiger partial charge >= 0.3 is 0 Å². The number of hydrogen-bond donors (Lipinski definition) is 2. The average Bonchev–Trinajstić information content (AvgIpc) is 3.43. The van der Waals surface area contributed by atoms with Gasteiger partial charge in [-0.25, -0.2) is 22.2 Å². The Labute approximate surface area is 190 Å². The molecule has 0 unspecified atom stereocenters. The van der Waals surface area contributed by atoms with Crippen molar-refractivity contribution in [2.24, 2.45) is 7.05 Å². The van der Waals surface area contributed by atoms with Crippen molar-refractivity contribution in [3.05, 3.63) is 90.1 Å². The molecular weight excluding hydrogens is 445 g/mol. The number of nitrogens with zero attached hydrogens (tertiary/aromatic N) is 3. The van der Waals surface area contributed by atoms with Crippen LogP contribution in [0.5, 0.6) is 0 Å². The molecule has 0 atom stereocenters. The van der Waals surface area contributed by atoms with E-state index in [1.165, 1.54) is 36.0 Å². The number of carbonyl (C=O) groups excluding carboxylic acids is 1. The van der Waals surface area contributed by atoms with Crippen LogP contribution in [0.2, 0.25) is 0 Å². The molecule has 2 N–H and O–H groups in total. The smallest absolute Gasteiger partial charge is 0.268 e. The lowest BCUT2D eigenvalue weighted by atomic mass is 10.1. The average molecular weight is 468 g/mol. The number of nitrogens with one attached hydrogen (secondary N) is 2. The first-order valence-corrected chi connectivity index (χ1v) is 11.5. The van der Waals surface area contributed by atoms with Crippen LogP contribution in [-0.4, -0.2) is 35.7 Å². The van der Waals surface area contributed by atoms with E-state index in [1.807, 2.05) is 30.3 Å². The summed E-state index contributed by atoms with van der Waals surface area (Å²) in [5.74, 6) is -0.792. The Morgan fingerprint density at radius 2 is 1.76 bits per heavy atom. The quantitative estimate of drug-likeness (QED) is 0.437. The first-order valence-electron chi connectivity index (χ1n) is 10.1. The van der Waals surface area contributed by atoms with Crippen molar-refractivity contribution in [2.45, 2.75) is 11.4 Å². The topological polar surface area (TPSA) is 98.0 Å². The minimum absolute atomic E-state index is 0.00143. The molecule has 0 saturated heterocycles. The summed E-state index contributed by atoms with van der Waals surface area (Å²) < 4.78 is 42.9. The zero-order valence-electron chi connectivity index (χ0n) is 18.0. The number of sulfonamides is 1. The summed E-state index contributed by atoms with van der Waals surface area (Å²) in [5.41, 5.74) is 3.06. The molecule has 0 aliphatic rings. The molecule has 2 heterocycles. The Morgan fingerprint density at radius 1 is 1.06 bits per heavy atom. The van der Waals surface area contributed by atoms with Crippen LogP contribution in [0.25, 0.3) is 16.9 Å². The molecule has 4 aromatic rings. The highest BCUT2D eigenvalue weighted by Crippen LogP contribution is 2.24. The highest BCUT2D eigenvalue weighted by atomic mass is 32.2. The predicted octanol–water partition coefficient (Wildman–Crippen LogP) is 2.86. The third-order valence-corrected chi connectivity index (χ3v) is 6.54. The first kappa shape index (κ1) is 22.4. The molecule has 0 radical (unpaired) electrons. The van der Waals surface area contributed by atoms with Crippen molar-refractivity contribution in [3.63, 3.8) is 0 Å². The zero-order chi connectivity index (χ0) is 23.6. The minimum atomic E-state index is -3.67. The number of hydrogen-bond acceptors (Lipinski definition) is 4. The lowest BCUT2D eigenvalue weighted by Crippen LogP contribution is -2.24. The molecule has 8 nitrogen and oxygen atoms in total. The van der Waals surface area contributed by atoms with Gasteiger partial charge in [0.05, 0.1) is 11.4 Å². The molecule has 170 valence electrons. The first-order chi connectivity index (χ1) is 15.8. The van der Waals surface area contributed by atoms with E-state index in [2.05, 4.69) is 15.1 Å². The molecule has 0 aliphatic carbocycles. The van der Waals surface area contributed by atoms with Crippen LogP contribution in [0, 0.1) is 5.82 Å². The van der Waals surface area contributed by atoms with Gasteiger partial charge < -0.3 is 9.88 Å². The number of benzene rings is 2. The van der Waals surface area contributed by atoms with Gasteiger partial charge in [-0.05, 0) is 49.5 Å². The lowest BCUT2D eigenvalue weighted by molar-refractivity contribution is 0.0943. The number of halogens is 1. The van der Waals surface area contributed by atoms with Crippen LogP contribution in [0.4, 0.5) is 4.39 Å². The molecule has 0 bridgehead atoms. The van der Waals surface area contributed by atoms with Crippen LogP contribution >= 0.6 is 0 Å². The van der Waals surface area contributed by atoms with Crippen molar-refractivity contribution in [1.82, 2.24) is 24.4 Å². The Kier molecular flexibility index (Phi) is 6.12. The van der Waals surface area contributed by atoms with Crippen LogP contribution in [0.3, 0.4) is 0 Å². The van der Waals surface area contributed by atoms with E-state index in [9.17, 15) is 17.6 Å². The van der Waals surface area contributed by atoms with Crippen molar-refractivity contribution < 1.29 is 17.6 Å². The molecule has 2 aromatic carbocycles. The summed E-state index contributed by atoms with van der Waals surface area (Å²) in [7, 11) is -0.762. The van der Waals surface area contributed by atoms with Crippen molar-refractivity contribution >= 4 is 15.9 Å². The maximum absolute atomic E-state index is 13.4. The number of aromatic nitrogens is 3. The number of para-hydroxylation sites is 1. The van der Waals surface area contributed by atoms with Gasteiger partial charge in [0, 0.05) is 37.1 Å². The van der Waals surface area contributed by atoms with Gasteiger partial charge in [-0.1, -0.05) is 18.2 Å². The fourth-order valence-electron chi connectivity index (χ4n) is 3.39. The third-order valence-electron chi connectivity index (χ3n) is 5.16. The van der Waals surface area contributed by atoms with Crippen LogP contribution in [0.1, 0.15) is 16.1 Å². The standard InChI is InChI=1S/C23H22FN5O3S/c1-25-33(31,32)20-12-21(28(2)15-20)23(30)26-13-17-14-29(19-6-4-3-5-7-19)27-22(17)16-8-10-18(24)11-9-16/h3-12,14-15,25H,13H2,1-2H3,(H,26,30). The van der Waals surface area contributed by atoms with E-state index in [-0.39, 0.29) is 23.0 Å². The number of amides is 1. The highest BCUT2D eigenvalue weighted by Gasteiger charge is 2.20. The van der Waals surface area contributed by atoms with Gasteiger partial charge in [0.15, 0.2) is 0 Å². The van der Waals surface area contributed by atoms with Gasteiger partial charge in [0.2, 0.25) is 10.0 Å². The summed E-state index contributed by atoms with van der Waals surface area (Å²) in [6, 6.07) is 16.8. The second-order valence-corrected chi connectivity index (χ2v) is 9.24. The molecule has 0 saturated carbocycles. The molecule has 0 spiro atoms. The summed E-state index contributed by atoms with van der Waals surface area (Å²) in [6.45, 7) is 0.137. The normalized spacial score (nSPS) is 11.5. The Balaban J connectivity index is 1.63. The van der Waals surface area contributed by atoms with Gasteiger partial charge in [0.25, 0.3) is 5.91 Å². The van der Waals surface area contributed by atoms with Crippen LogP contribution < -0.4 is 10.0 Å². The van der Waals surface area contributed by atoms with Crippen molar-refractivity contribution in [2.75, 3.05) is 7.05 Å². The molecule has 0 aliphatic heterocycles.